The van der Waals surface area contributed by atoms with E-state index >= 15 is 0 Å². The Balaban J connectivity index is 1.20. The van der Waals surface area contributed by atoms with E-state index in [1.54, 1.807) is 57.5 Å². The number of phenolic OH excluding ortho intramolecular Hbond substituents is 1. The molecule has 1 aliphatic heterocycles. The van der Waals surface area contributed by atoms with Gasteiger partial charge in [0.2, 0.25) is 11.8 Å². The molecule has 0 unspecified atom stereocenters. The first-order valence-corrected chi connectivity index (χ1v) is 15.6. The summed E-state index contributed by atoms with van der Waals surface area (Å²) in [5.74, 6) is -1.67. The number of anilines is 1. The van der Waals surface area contributed by atoms with E-state index in [1.807, 2.05) is 48.6 Å². The second-order valence-corrected chi connectivity index (χ2v) is 12.4. The van der Waals surface area contributed by atoms with Gasteiger partial charge in [-0.3, -0.25) is 24.1 Å². The maximum atomic E-state index is 14.2. The highest BCUT2D eigenvalue weighted by atomic mass is 16.5. The summed E-state index contributed by atoms with van der Waals surface area (Å²) < 4.78 is 10.8. The third-order valence-electron chi connectivity index (χ3n) is 9.83. The molecule has 0 bridgehead atoms. The van der Waals surface area contributed by atoms with Gasteiger partial charge in [-0.15, -0.1) is 0 Å². The Bertz CT molecular complexity index is 1960. The number of allylic oxidation sites excluding steroid dienone is 6. The molecule has 1 fully saturated rings. The van der Waals surface area contributed by atoms with Crippen molar-refractivity contribution >= 4 is 41.2 Å². The lowest BCUT2D eigenvalue weighted by Crippen LogP contribution is -2.39. The molecule has 7 rings (SSSR count). The molecule has 0 aromatic heterocycles. The number of Topliss-reactive ketones (excluding diaryl/α,β-unsaturated/α-hetero) is 1. The van der Waals surface area contributed by atoms with Crippen molar-refractivity contribution in [1.82, 2.24) is 0 Å². The topological polar surface area (TPSA) is 110 Å². The predicted molar refractivity (Wildman–Crippen MR) is 177 cm³/mol. The van der Waals surface area contributed by atoms with Crippen molar-refractivity contribution in [1.29, 1.82) is 0 Å². The molecule has 47 heavy (non-hydrogen) atoms. The number of imide groups is 1. The summed E-state index contributed by atoms with van der Waals surface area (Å²) in [6, 6.07) is 19.4. The first kappa shape index (κ1) is 30.2. The van der Waals surface area contributed by atoms with Crippen LogP contribution < -0.4 is 14.4 Å². The second kappa shape index (κ2) is 11.7. The van der Waals surface area contributed by atoms with Gasteiger partial charge >= 0.3 is 0 Å². The van der Waals surface area contributed by atoms with Gasteiger partial charge in [0.1, 0.15) is 17.2 Å². The summed E-state index contributed by atoms with van der Waals surface area (Å²) in [6.45, 7) is 1.64. The molecule has 0 radical (unpaired) electrons. The maximum absolute atomic E-state index is 14.2. The Morgan fingerprint density at radius 2 is 1.60 bits per heavy atom. The number of phenols is 1. The van der Waals surface area contributed by atoms with Gasteiger partial charge < -0.3 is 14.6 Å². The predicted octanol–water partition coefficient (Wildman–Crippen LogP) is 6.21. The minimum atomic E-state index is -0.661. The lowest BCUT2D eigenvalue weighted by molar-refractivity contribution is -0.123. The fourth-order valence-corrected chi connectivity index (χ4v) is 7.55. The molecule has 3 aromatic carbocycles. The Kier molecular flexibility index (Phi) is 7.51. The summed E-state index contributed by atoms with van der Waals surface area (Å²) >= 11 is 0. The van der Waals surface area contributed by atoms with Crippen molar-refractivity contribution < 1.29 is 33.8 Å². The van der Waals surface area contributed by atoms with Gasteiger partial charge in [-0.25, -0.2) is 0 Å². The van der Waals surface area contributed by atoms with Gasteiger partial charge in [0.25, 0.3) is 0 Å². The number of hydrogen-bond donors (Lipinski definition) is 1. The normalized spacial score (nSPS) is 23.8. The van der Waals surface area contributed by atoms with E-state index in [-0.39, 0.29) is 35.6 Å². The molecule has 0 saturated carbocycles. The van der Waals surface area contributed by atoms with E-state index in [0.29, 0.717) is 40.3 Å². The van der Waals surface area contributed by atoms with Crippen LogP contribution in [0.2, 0.25) is 0 Å². The van der Waals surface area contributed by atoms with Crippen LogP contribution in [0.25, 0.3) is 12.2 Å². The number of ketones is 2. The van der Waals surface area contributed by atoms with Crippen molar-refractivity contribution in [3.8, 4) is 17.2 Å². The highest BCUT2D eigenvalue weighted by Gasteiger charge is 2.56. The highest BCUT2D eigenvalue weighted by Crippen LogP contribution is 2.55. The summed E-state index contributed by atoms with van der Waals surface area (Å²) in [7, 11) is 3.21. The molecule has 2 amide bonds. The molecule has 1 N–H and O–H groups in total. The van der Waals surface area contributed by atoms with Crippen molar-refractivity contribution in [3.63, 3.8) is 0 Å². The first-order chi connectivity index (χ1) is 22.7. The zero-order chi connectivity index (χ0) is 33.0. The lowest BCUT2D eigenvalue weighted by Gasteiger charge is -2.42. The molecule has 8 heteroatoms. The average Bonchev–Trinajstić information content (AvgIpc) is 3.35. The van der Waals surface area contributed by atoms with E-state index in [1.165, 1.54) is 11.0 Å². The van der Waals surface area contributed by atoms with Crippen LogP contribution in [0.3, 0.4) is 0 Å². The van der Waals surface area contributed by atoms with Gasteiger partial charge in [-0.2, -0.15) is 0 Å². The lowest BCUT2D eigenvalue weighted by atomic mass is 9.59. The third kappa shape index (κ3) is 5.01. The van der Waals surface area contributed by atoms with Crippen LogP contribution in [0.5, 0.6) is 17.2 Å². The summed E-state index contributed by atoms with van der Waals surface area (Å²) in [4.78, 5) is 56.2. The minimum absolute atomic E-state index is 0.0869. The molecule has 3 aliphatic carbocycles. The number of ether oxygens (including phenoxy) is 2. The number of amides is 2. The van der Waals surface area contributed by atoms with Crippen LogP contribution in [0.4, 0.5) is 5.69 Å². The quantitative estimate of drug-likeness (QED) is 0.150. The second-order valence-electron chi connectivity index (χ2n) is 12.4. The molecule has 4 aliphatic rings. The number of aromatic hydroxyl groups is 1. The molecule has 8 nitrogen and oxygen atoms in total. The molecule has 1 saturated heterocycles. The Morgan fingerprint density at radius 1 is 0.851 bits per heavy atom. The monoisotopic (exact) mass is 627 g/mol. The van der Waals surface area contributed by atoms with Gasteiger partial charge in [-0.05, 0) is 85.4 Å². The average molecular weight is 628 g/mol. The Labute approximate surface area is 272 Å². The number of carbonyl (C=O) groups excluding carboxylic acids is 4. The SMILES string of the molecule is COc1ccc(OC)c(C=Cc2ccc(N3C(=O)[C@H]4[C@H](CC=C5[C@H](c6ccc(O)cc6)C6=C(C[C@H]54)C(=O)C=C(C)C6=O)C3=O)cc2)c1. The van der Waals surface area contributed by atoms with Crippen LogP contribution in [-0.4, -0.2) is 42.7 Å². The number of benzene rings is 3. The fraction of sp³-hybridized carbons (Fsp3) is 0.231. The number of fused-ring (bicyclic) bond motifs is 3. The maximum Gasteiger partial charge on any atom is 0.238 e. The van der Waals surface area contributed by atoms with Gasteiger partial charge in [-0.1, -0.05) is 48.1 Å². The van der Waals surface area contributed by atoms with Crippen molar-refractivity contribution in [2.45, 2.75) is 25.7 Å². The van der Waals surface area contributed by atoms with Crippen LogP contribution in [0, 0.1) is 17.8 Å². The van der Waals surface area contributed by atoms with Crippen LogP contribution in [0.1, 0.15) is 42.4 Å². The van der Waals surface area contributed by atoms with E-state index < -0.39 is 23.7 Å². The van der Waals surface area contributed by atoms with Gasteiger partial charge in [0.15, 0.2) is 11.6 Å². The number of rotatable bonds is 6. The van der Waals surface area contributed by atoms with Gasteiger partial charge in [0, 0.05) is 28.2 Å². The van der Waals surface area contributed by atoms with Crippen LogP contribution in [-0.2, 0) is 19.2 Å². The molecule has 0 spiro atoms. The third-order valence-corrected chi connectivity index (χ3v) is 9.83. The van der Waals surface area contributed by atoms with Crippen molar-refractivity contribution in [2.24, 2.45) is 17.8 Å². The standard InChI is InChI=1S/C39H33NO7/c1-21-18-32(42)31-20-30-28(34(36(31)37(21)43)23-8-12-26(41)13-9-23)15-16-29-35(30)39(45)40(38(29)44)25-10-5-22(6-11-25)4-7-24-19-27(46-2)14-17-33(24)47-3/h4-15,17-19,29-30,34-35,41H,16,20H2,1-3H3/t29-,30+,34-,35-/m0/s1. The van der Waals surface area contributed by atoms with E-state index in [2.05, 4.69) is 0 Å². The van der Waals surface area contributed by atoms with Crippen molar-refractivity contribution in [2.75, 3.05) is 19.1 Å². The van der Waals surface area contributed by atoms with Crippen LogP contribution in [0.15, 0.2) is 101 Å². The van der Waals surface area contributed by atoms with E-state index in [0.717, 1.165) is 22.3 Å². The highest BCUT2D eigenvalue weighted by molar-refractivity contribution is 6.25. The zero-order valence-electron chi connectivity index (χ0n) is 26.2. The largest absolute Gasteiger partial charge is 0.508 e. The zero-order valence-corrected chi connectivity index (χ0v) is 26.2. The summed E-state index contributed by atoms with van der Waals surface area (Å²) in [6.07, 6.45) is 7.77. The number of carbonyl (C=O) groups is 4. The van der Waals surface area contributed by atoms with Crippen LogP contribution >= 0.6 is 0 Å². The molecule has 1 heterocycles. The smallest absolute Gasteiger partial charge is 0.238 e. The molecule has 3 aromatic rings. The molecule has 4 atom stereocenters. The van der Waals surface area contributed by atoms with Crippen molar-refractivity contribution in [3.05, 3.63) is 118 Å². The van der Waals surface area contributed by atoms with E-state index in [9.17, 15) is 24.3 Å². The Morgan fingerprint density at radius 3 is 2.30 bits per heavy atom. The van der Waals surface area contributed by atoms with E-state index in [4.69, 9.17) is 9.47 Å². The molecular formula is C39H33NO7. The number of methoxy groups -OCH3 is 2. The minimum Gasteiger partial charge on any atom is -0.508 e. The summed E-state index contributed by atoms with van der Waals surface area (Å²) in [5.41, 5.74) is 5.05. The first-order valence-electron chi connectivity index (χ1n) is 15.6. The Hall–Kier alpha value is -5.50. The molecule has 236 valence electrons. The fourth-order valence-electron chi connectivity index (χ4n) is 7.55. The number of hydrogen-bond acceptors (Lipinski definition) is 7. The van der Waals surface area contributed by atoms with Gasteiger partial charge in [0.05, 0.1) is 31.7 Å². The summed E-state index contributed by atoms with van der Waals surface area (Å²) in [5, 5.41) is 9.96. The number of nitrogens with zero attached hydrogens (tertiary/aromatic N) is 1. The molecular weight excluding hydrogens is 594 g/mol.